The van der Waals surface area contributed by atoms with E-state index in [0.29, 0.717) is 0 Å². The van der Waals surface area contributed by atoms with E-state index in [9.17, 15) is 14.4 Å². The standard InChI is InChI=1S/C13H14BrNO5/c1-6(14)13(18)19-5-4-15-11(16)9-7-2-3-8(20-7)10(9)12(15)17/h2-3,6-10H,4-5H2,1H3/t6?,7-,8+,9-,10+. The smallest absolute Gasteiger partial charge is 0.319 e. The number of carbonyl (C=O) groups excluding carboxylic acids is 3. The second-order valence-electron chi connectivity index (χ2n) is 5.11. The van der Waals surface area contributed by atoms with Gasteiger partial charge in [0.15, 0.2) is 0 Å². The summed E-state index contributed by atoms with van der Waals surface area (Å²) in [5.41, 5.74) is 0. The Kier molecular flexibility index (Phi) is 3.41. The van der Waals surface area contributed by atoms with Crippen molar-refractivity contribution < 1.29 is 23.9 Å². The number of rotatable bonds is 4. The molecule has 3 rings (SSSR count). The minimum Gasteiger partial charge on any atom is -0.463 e. The molecule has 0 aromatic carbocycles. The minimum absolute atomic E-state index is 0.0231. The number of imide groups is 1. The number of amides is 2. The number of fused-ring (bicyclic) bond motifs is 5. The molecule has 108 valence electrons. The number of ether oxygens (including phenoxy) is 2. The first-order chi connectivity index (χ1) is 9.50. The molecule has 2 saturated heterocycles. The Morgan fingerprint density at radius 1 is 1.35 bits per heavy atom. The number of carbonyl (C=O) groups is 3. The molecule has 0 N–H and O–H groups in total. The fraction of sp³-hybridized carbons (Fsp3) is 0.615. The Morgan fingerprint density at radius 3 is 2.40 bits per heavy atom. The zero-order chi connectivity index (χ0) is 14.4. The number of alkyl halides is 1. The summed E-state index contributed by atoms with van der Waals surface area (Å²) >= 11 is 3.09. The summed E-state index contributed by atoms with van der Waals surface area (Å²) in [7, 11) is 0. The van der Waals surface area contributed by atoms with Crippen molar-refractivity contribution in [2.45, 2.75) is 24.0 Å². The third-order valence-corrected chi connectivity index (χ3v) is 4.26. The first-order valence-electron chi connectivity index (χ1n) is 6.50. The van der Waals surface area contributed by atoms with Crippen molar-refractivity contribution in [2.24, 2.45) is 11.8 Å². The van der Waals surface area contributed by atoms with Crippen molar-refractivity contribution in [3.8, 4) is 0 Å². The highest BCUT2D eigenvalue weighted by molar-refractivity contribution is 9.10. The van der Waals surface area contributed by atoms with Crippen LogP contribution in [0.3, 0.4) is 0 Å². The fourth-order valence-electron chi connectivity index (χ4n) is 2.94. The van der Waals surface area contributed by atoms with Crippen molar-refractivity contribution >= 4 is 33.7 Å². The summed E-state index contributed by atoms with van der Waals surface area (Å²) < 4.78 is 10.5. The molecule has 3 aliphatic rings. The molecule has 0 aromatic rings. The minimum atomic E-state index is -0.408. The molecule has 6 nitrogen and oxygen atoms in total. The van der Waals surface area contributed by atoms with E-state index in [2.05, 4.69) is 15.9 Å². The van der Waals surface area contributed by atoms with Gasteiger partial charge in [0, 0.05) is 0 Å². The molecule has 3 aliphatic heterocycles. The molecule has 0 radical (unpaired) electrons. The number of nitrogens with zero attached hydrogens (tertiary/aromatic N) is 1. The van der Waals surface area contributed by atoms with Crippen LogP contribution in [0.2, 0.25) is 0 Å². The third kappa shape index (κ3) is 2.00. The van der Waals surface area contributed by atoms with E-state index in [1.165, 1.54) is 4.90 Å². The van der Waals surface area contributed by atoms with Crippen molar-refractivity contribution in [2.75, 3.05) is 13.2 Å². The van der Waals surface area contributed by atoms with Gasteiger partial charge in [-0.25, -0.2) is 0 Å². The van der Waals surface area contributed by atoms with Gasteiger partial charge >= 0.3 is 5.97 Å². The highest BCUT2D eigenvalue weighted by atomic mass is 79.9. The fourth-order valence-corrected chi connectivity index (χ4v) is 3.07. The van der Waals surface area contributed by atoms with Gasteiger partial charge in [0.05, 0.1) is 30.6 Å². The Morgan fingerprint density at radius 2 is 1.90 bits per heavy atom. The van der Waals surface area contributed by atoms with E-state index >= 15 is 0 Å². The Bertz CT molecular complexity index is 473. The normalized spacial score (nSPS) is 35.6. The molecule has 2 fully saturated rings. The predicted molar refractivity (Wildman–Crippen MR) is 70.8 cm³/mol. The van der Waals surface area contributed by atoms with Crippen molar-refractivity contribution in [3.63, 3.8) is 0 Å². The van der Waals surface area contributed by atoms with Crippen LogP contribution in [0.25, 0.3) is 0 Å². The lowest BCUT2D eigenvalue weighted by Crippen LogP contribution is -2.37. The van der Waals surface area contributed by atoms with Gasteiger partial charge in [0.25, 0.3) is 0 Å². The second kappa shape index (κ2) is 4.96. The van der Waals surface area contributed by atoms with E-state index in [4.69, 9.17) is 9.47 Å². The monoisotopic (exact) mass is 343 g/mol. The molecule has 0 aliphatic carbocycles. The first kappa shape index (κ1) is 13.8. The van der Waals surface area contributed by atoms with Crippen LogP contribution < -0.4 is 0 Å². The van der Waals surface area contributed by atoms with Crippen LogP contribution in [0.5, 0.6) is 0 Å². The molecule has 20 heavy (non-hydrogen) atoms. The second-order valence-corrected chi connectivity index (χ2v) is 6.49. The molecule has 2 bridgehead atoms. The molecular formula is C13H14BrNO5. The lowest BCUT2D eigenvalue weighted by molar-refractivity contribution is -0.149. The molecule has 7 heteroatoms. The zero-order valence-electron chi connectivity index (χ0n) is 10.8. The van der Waals surface area contributed by atoms with Gasteiger partial charge in [0.1, 0.15) is 11.4 Å². The van der Waals surface area contributed by atoms with Gasteiger partial charge in [-0.15, -0.1) is 0 Å². The van der Waals surface area contributed by atoms with Crippen LogP contribution in [-0.4, -0.2) is 52.9 Å². The number of halogens is 1. The molecule has 0 saturated carbocycles. The maximum Gasteiger partial charge on any atom is 0.319 e. The van der Waals surface area contributed by atoms with Crippen LogP contribution >= 0.6 is 15.9 Å². The van der Waals surface area contributed by atoms with Gasteiger partial charge < -0.3 is 9.47 Å². The van der Waals surface area contributed by atoms with Crippen molar-refractivity contribution in [1.82, 2.24) is 4.90 Å². The highest BCUT2D eigenvalue weighted by Crippen LogP contribution is 2.44. The Balaban J connectivity index is 1.61. The zero-order valence-corrected chi connectivity index (χ0v) is 12.4. The van der Waals surface area contributed by atoms with Gasteiger partial charge in [-0.05, 0) is 6.92 Å². The van der Waals surface area contributed by atoms with Gasteiger partial charge in [-0.3, -0.25) is 19.3 Å². The van der Waals surface area contributed by atoms with E-state index < -0.39 is 22.6 Å². The summed E-state index contributed by atoms with van der Waals surface area (Å²) in [6.45, 7) is 1.78. The maximum atomic E-state index is 12.2. The SMILES string of the molecule is CC(Br)C(=O)OCCN1C(=O)[C@@H]2[C@H](C1=O)[C@H]1C=C[C@@H]2O1. The summed E-state index contributed by atoms with van der Waals surface area (Å²) in [6, 6.07) is 0. The predicted octanol–water partition coefficient (Wildman–Crippen LogP) is 0.251. The lowest BCUT2D eigenvalue weighted by atomic mass is 9.85. The first-order valence-corrected chi connectivity index (χ1v) is 7.42. The van der Waals surface area contributed by atoms with Crippen molar-refractivity contribution in [3.05, 3.63) is 12.2 Å². The highest BCUT2D eigenvalue weighted by Gasteiger charge is 2.60. The molecule has 1 unspecified atom stereocenters. The third-order valence-electron chi connectivity index (χ3n) is 3.89. The number of likely N-dealkylation sites (tertiary alicyclic amines) is 1. The Labute approximate surface area is 124 Å². The van der Waals surface area contributed by atoms with E-state index in [0.717, 1.165) is 0 Å². The molecule has 2 amide bonds. The topological polar surface area (TPSA) is 72.9 Å². The van der Waals surface area contributed by atoms with Crippen LogP contribution in [0.1, 0.15) is 6.92 Å². The molecule has 0 aromatic heterocycles. The van der Waals surface area contributed by atoms with Gasteiger partial charge in [-0.2, -0.15) is 0 Å². The van der Waals surface area contributed by atoms with Gasteiger partial charge in [-0.1, -0.05) is 28.1 Å². The van der Waals surface area contributed by atoms with E-state index in [1.807, 2.05) is 12.2 Å². The summed E-state index contributed by atoms with van der Waals surface area (Å²) in [5, 5.41) is 0. The van der Waals surface area contributed by atoms with Crippen LogP contribution in [0.15, 0.2) is 12.2 Å². The van der Waals surface area contributed by atoms with Crippen LogP contribution in [0.4, 0.5) is 0 Å². The summed E-state index contributed by atoms with van der Waals surface area (Å²) in [4.78, 5) is 36.6. The lowest BCUT2D eigenvalue weighted by Gasteiger charge is -2.17. The van der Waals surface area contributed by atoms with Crippen LogP contribution in [0, 0.1) is 11.8 Å². The molecular weight excluding hydrogens is 330 g/mol. The molecule has 0 spiro atoms. The van der Waals surface area contributed by atoms with Gasteiger partial charge in [0.2, 0.25) is 11.8 Å². The number of esters is 1. The summed E-state index contributed by atoms with van der Waals surface area (Å²) in [6.07, 6.45) is 3.12. The van der Waals surface area contributed by atoms with E-state index in [1.54, 1.807) is 6.92 Å². The number of hydrogen-bond acceptors (Lipinski definition) is 5. The molecule has 5 atom stereocenters. The summed E-state index contributed by atoms with van der Waals surface area (Å²) in [5.74, 6) is -1.65. The van der Waals surface area contributed by atoms with Crippen molar-refractivity contribution in [1.29, 1.82) is 0 Å². The average Bonchev–Trinajstić information content (AvgIpc) is 3.07. The maximum absolute atomic E-state index is 12.2. The largest absolute Gasteiger partial charge is 0.463 e. The quantitative estimate of drug-likeness (QED) is 0.316. The molecule has 3 heterocycles. The number of hydrogen-bond donors (Lipinski definition) is 0. The van der Waals surface area contributed by atoms with E-state index in [-0.39, 0.29) is 37.2 Å². The van der Waals surface area contributed by atoms with Crippen LogP contribution in [-0.2, 0) is 23.9 Å². The Hall–Kier alpha value is -1.21. The average molecular weight is 344 g/mol.